The first-order valence-electron chi connectivity index (χ1n) is 3.05. The van der Waals surface area contributed by atoms with Gasteiger partial charge in [0.05, 0.1) is 0 Å². The van der Waals surface area contributed by atoms with Gasteiger partial charge in [0.2, 0.25) is 0 Å². The van der Waals surface area contributed by atoms with Gasteiger partial charge in [-0.1, -0.05) is 29.7 Å². The Morgan fingerprint density at radius 2 is 1.75 bits per heavy atom. The second kappa shape index (κ2) is 6.34. The van der Waals surface area contributed by atoms with Crippen LogP contribution in [0.1, 0.15) is 0 Å². The fourth-order valence-corrected chi connectivity index (χ4v) is 0.992. The predicted octanol–water partition coefficient (Wildman–Crippen LogP) is -5.12. The second-order valence-electron chi connectivity index (χ2n) is 2.14. The molecule has 0 amide bonds. The van der Waals surface area contributed by atoms with E-state index in [0.717, 1.165) is 5.52 Å². The predicted molar refractivity (Wildman–Crippen MR) is 36.7 cm³/mol. The first kappa shape index (κ1) is 13.8. The molecule has 0 aliphatic carbocycles. The summed E-state index contributed by atoms with van der Waals surface area (Å²) in [6.45, 7) is 0. The molecule has 0 atom stereocenters. The zero-order chi connectivity index (χ0) is 6.97. The van der Waals surface area contributed by atoms with Crippen molar-refractivity contribution >= 4 is 10.9 Å². The monoisotopic (exact) mass is 209 g/mol. The third-order valence-corrected chi connectivity index (χ3v) is 1.49. The van der Waals surface area contributed by atoms with Crippen LogP contribution < -0.4 is 113 Å². The van der Waals surface area contributed by atoms with Gasteiger partial charge in [-0.2, -0.15) is 6.20 Å². The summed E-state index contributed by atoms with van der Waals surface area (Å²) in [5, 5.41) is 11.6. The van der Waals surface area contributed by atoms with Gasteiger partial charge in [-0.25, -0.2) is 0 Å². The van der Waals surface area contributed by atoms with E-state index >= 15 is 0 Å². The van der Waals surface area contributed by atoms with E-state index < -0.39 is 0 Å². The Kier molecular flexibility index (Phi) is 7.31. The molecule has 2 aromatic rings. The first-order valence-corrected chi connectivity index (χ1v) is 3.05. The number of benzene rings is 1. The van der Waals surface area contributed by atoms with Gasteiger partial charge in [0.1, 0.15) is 0 Å². The molecule has 0 saturated carbocycles. The number of hydrogen-bond donors (Lipinski definition) is 0. The quantitative estimate of drug-likeness (QED) is 0.407. The molecule has 0 aliphatic rings. The maximum absolute atomic E-state index is 10.9. The molecule has 0 fully saturated rings. The minimum atomic E-state index is 0. The summed E-state index contributed by atoms with van der Waals surface area (Å²) in [6.07, 6.45) is 1.35. The average Bonchev–Trinajstić information content (AvgIpc) is 2.34. The molecule has 2 rings (SSSR count). The number of rotatable bonds is 0. The van der Waals surface area contributed by atoms with Crippen molar-refractivity contribution in [1.29, 1.82) is 0 Å². The average molecular weight is 209 g/mol. The van der Waals surface area contributed by atoms with Crippen LogP contribution in [0.2, 0.25) is 0 Å². The van der Waals surface area contributed by atoms with Crippen molar-refractivity contribution in [2.75, 3.05) is 0 Å². The Labute approximate surface area is 156 Å². The van der Waals surface area contributed by atoms with E-state index in [0.29, 0.717) is 5.39 Å². The van der Waals surface area contributed by atoms with E-state index in [-0.39, 0.29) is 109 Å². The van der Waals surface area contributed by atoms with Crippen molar-refractivity contribution in [2.24, 2.45) is 0 Å². The molecule has 1 heterocycles. The molecule has 0 radical (unpaired) electrons. The van der Waals surface area contributed by atoms with Crippen molar-refractivity contribution in [1.82, 2.24) is 4.98 Å². The van der Waals surface area contributed by atoms with Gasteiger partial charge in [0.25, 0.3) is 0 Å². The molecule has 0 spiro atoms. The van der Waals surface area contributed by atoms with Crippen LogP contribution >= 0.6 is 0 Å². The largest absolute Gasteiger partial charge is 1.00 e. The van der Waals surface area contributed by atoms with E-state index in [9.17, 15) is 5.11 Å². The van der Waals surface area contributed by atoms with Crippen molar-refractivity contribution in [3.8, 4) is 5.75 Å². The smallest absolute Gasteiger partial charge is 0.873 e. The zero-order valence-electron chi connectivity index (χ0n) is 7.24. The Bertz CT molecular complexity index is 359. The molecule has 2 nitrogen and oxygen atoms in total. The Morgan fingerprint density at radius 1 is 1.08 bits per heavy atom. The molecule has 1 aromatic heterocycles. The summed E-state index contributed by atoms with van der Waals surface area (Å²) < 4.78 is 0. The molecular formula is C8H5K2NO. The number of aromatic nitrogens is 1. The number of fused-ring (bicyclic) bond motifs is 1. The summed E-state index contributed by atoms with van der Waals surface area (Å²) in [5.41, 5.74) is 0.785. The summed E-state index contributed by atoms with van der Waals surface area (Å²) in [6, 6.07) is 7.32. The zero-order valence-corrected chi connectivity index (χ0v) is 13.5. The molecule has 50 valence electrons. The van der Waals surface area contributed by atoms with Gasteiger partial charge in [-0.3, -0.25) is 0 Å². The molecule has 0 aliphatic heterocycles. The molecule has 0 N–H and O–H groups in total. The maximum atomic E-state index is 10.9. The fraction of sp³-hybridized carbons (Fsp3) is 0. The maximum Gasteiger partial charge on any atom is 1.00 e. The third kappa shape index (κ3) is 2.91. The molecular weight excluding hydrogens is 204 g/mol. The number of para-hydroxylation sites is 1. The molecule has 1 aromatic carbocycles. The first-order chi connectivity index (χ1) is 4.88. The molecule has 0 unspecified atom stereocenters. The topological polar surface area (TPSA) is 37.2 Å². The second-order valence-corrected chi connectivity index (χ2v) is 2.14. The third-order valence-electron chi connectivity index (χ3n) is 1.49. The van der Waals surface area contributed by atoms with Gasteiger partial charge in [-0.15, -0.1) is 11.3 Å². The van der Waals surface area contributed by atoms with Crippen molar-refractivity contribution in [3.63, 3.8) is 0 Å². The van der Waals surface area contributed by atoms with Crippen molar-refractivity contribution in [3.05, 3.63) is 30.5 Å². The summed E-state index contributed by atoms with van der Waals surface area (Å²) in [4.78, 5) is 3.91. The van der Waals surface area contributed by atoms with E-state index in [1.807, 2.05) is 18.2 Å². The Morgan fingerprint density at radius 3 is 2.42 bits per heavy atom. The van der Waals surface area contributed by atoms with Crippen LogP contribution in [0.15, 0.2) is 30.5 Å². The van der Waals surface area contributed by atoms with Crippen molar-refractivity contribution in [2.45, 2.75) is 0 Å². The Hall–Kier alpha value is 1.83. The van der Waals surface area contributed by atoms with Gasteiger partial charge >= 0.3 is 103 Å². The van der Waals surface area contributed by atoms with Crippen LogP contribution in [-0.2, 0) is 0 Å². The van der Waals surface area contributed by atoms with Gasteiger partial charge in [0.15, 0.2) is 0 Å². The summed E-state index contributed by atoms with van der Waals surface area (Å²) in [7, 11) is 0. The van der Waals surface area contributed by atoms with E-state index in [1.165, 1.54) is 6.20 Å². The molecule has 0 saturated heterocycles. The van der Waals surface area contributed by atoms with Crippen LogP contribution in [-0.4, -0.2) is 0 Å². The van der Waals surface area contributed by atoms with Gasteiger partial charge in [-0.05, 0) is 0 Å². The molecule has 0 bridgehead atoms. The minimum absolute atomic E-state index is 0. The molecule has 12 heavy (non-hydrogen) atoms. The van der Waals surface area contributed by atoms with Crippen LogP contribution in [0.4, 0.5) is 0 Å². The number of nitrogens with zero attached hydrogens (tertiary/aromatic N) is 1. The minimum Gasteiger partial charge on any atom is -0.873 e. The Balaban J connectivity index is 0.000000605. The van der Waals surface area contributed by atoms with E-state index in [2.05, 4.69) is 4.98 Å². The SMILES string of the molecule is [K+].[K+].[O-]c1c[n-]c2ccccc12. The summed E-state index contributed by atoms with van der Waals surface area (Å²) >= 11 is 0. The van der Waals surface area contributed by atoms with Gasteiger partial charge in [0, 0.05) is 0 Å². The molecule has 4 heteroatoms. The number of hydrogen-bond acceptors (Lipinski definition) is 1. The van der Waals surface area contributed by atoms with Crippen LogP contribution in [0.3, 0.4) is 0 Å². The van der Waals surface area contributed by atoms with Crippen molar-refractivity contribution < 1.29 is 108 Å². The van der Waals surface area contributed by atoms with Crippen LogP contribution in [0.25, 0.3) is 10.9 Å². The fourth-order valence-electron chi connectivity index (χ4n) is 0.992. The normalized spacial score (nSPS) is 8.67. The van der Waals surface area contributed by atoms with E-state index in [1.54, 1.807) is 6.07 Å². The van der Waals surface area contributed by atoms with Crippen LogP contribution in [0, 0.1) is 0 Å². The summed E-state index contributed by atoms with van der Waals surface area (Å²) in [5.74, 6) is 0.00981. The van der Waals surface area contributed by atoms with Gasteiger partial charge < -0.3 is 10.1 Å². The van der Waals surface area contributed by atoms with E-state index in [4.69, 9.17) is 0 Å². The van der Waals surface area contributed by atoms with Crippen LogP contribution in [0.5, 0.6) is 5.75 Å². The standard InChI is InChI=1S/C8H6NO.2K/c10-8-5-9-7-4-2-1-3-6(7)8;;/h1-5,10H;;/q-1;2*+1/p-1.